The fraction of sp³-hybridized carbons (Fsp3) is 0.300. The zero-order chi connectivity index (χ0) is 11.6. The van der Waals surface area contributed by atoms with Crippen molar-refractivity contribution in [2.24, 2.45) is 5.73 Å². The number of aryl methyl sites for hydroxylation is 1. The maximum absolute atomic E-state index is 13.5. The molecule has 1 rings (SSSR count). The van der Waals surface area contributed by atoms with Gasteiger partial charge in [-0.3, -0.25) is 4.79 Å². The number of benzene rings is 1. The van der Waals surface area contributed by atoms with Gasteiger partial charge in [0.1, 0.15) is 17.7 Å². The summed E-state index contributed by atoms with van der Waals surface area (Å²) in [4.78, 5) is 11.0. The van der Waals surface area contributed by atoms with Gasteiger partial charge in [0.2, 0.25) is 0 Å². The average molecular weight is 215 g/mol. The molecule has 0 amide bonds. The van der Waals surface area contributed by atoms with Crippen LogP contribution in [-0.4, -0.2) is 13.1 Å². The number of hydrogen-bond acceptors (Lipinski definition) is 3. The Labute approximate surface area is 85.8 Å². The fourth-order valence-electron chi connectivity index (χ4n) is 1.21. The summed E-state index contributed by atoms with van der Waals surface area (Å²) >= 11 is 0. The van der Waals surface area contributed by atoms with Crippen molar-refractivity contribution in [2.75, 3.05) is 7.11 Å². The van der Waals surface area contributed by atoms with E-state index >= 15 is 0 Å². The molecule has 1 atom stereocenters. The summed E-state index contributed by atoms with van der Waals surface area (Å²) in [6.07, 6.45) is 0. The third kappa shape index (κ3) is 2.12. The van der Waals surface area contributed by atoms with Gasteiger partial charge in [0, 0.05) is 0 Å². The van der Waals surface area contributed by atoms with Gasteiger partial charge in [-0.2, -0.15) is 0 Å². The van der Waals surface area contributed by atoms with Gasteiger partial charge in [0.25, 0.3) is 0 Å². The maximum atomic E-state index is 13.5. The Morgan fingerprint density at radius 3 is 2.60 bits per heavy atom. The molecular formula is C10H11F2NO2. The van der Waals surface area contributed by atoms with E-state index in [9.17, 15) is 13.6 Å². The average Bonchev–Trinajstić information content (AvgIpc) is 2.22. The van der Waals surface area contributed by atoms with Crippen LogP contribution in [0.3, 0.4) is 0 Å². The van der Waals surface area contributed by atoms with Gasteiger partial charge in [-0.15, -0.1) is 0 Å². The van der Waals surface area contributed by atoms with Gasteiger partial charge >= 0.3 is 5.97 Å². The van der Waals surface area contributed by atoms with E-state index in [4.69, 9.17) is 5.73 Å². The molecule has 0 saturated heterocycles. The summed E-state index contributed by atoms with van der Waals surface area (Å²) in [5, 5.41) is 0. The van der Waals surface area contributed by atoms with Crippen LogP contribution >= 0.6 is 0 Å². The Morgan fingerprint density at radius 1 is 1.47 bits per heavy atom. The molecule has 82 valence electrons. The highest BCUT2D eigenvalue weighted by Crippen LogP contribution is 2.22. The number of halogens is 2. The van der Waals surface area contributed by atoms with Crippen LogP contribution in [0.2, 0.25) is 0 Å². The van der Waals surface area contributed by atoms with Crippen LogP contribution in [0.15, 0.2) is 12.1 Å². The molecule has 0 bridgehead atoms. The summed E-state index contributed by atoms with van der Waals surface area (Å²) < 4.78 is 31.1. The number of ether oxygens (including phenoxy) is 1. The Morgan fingerprint density at radius 2 is 2.07 bits per heavy atom. The predicted octanol–water partition coefficient (Wildman–Crippen LogP) is 1.45. The first kappa shape index (κ1) is 11.6. The third-order valence-corrected chi connectivity index (χ3v) is 2.09. The Bertz CT molecular complexity index is 393. The Kier molecular flexibility index (Phi) is 3.36. The van der Waals surface area contributed by atoms with E-state index in [1.54, 1.807) is 0 Å². The van der Waals surface area contributed by atoms with Crippen LogP contribution in [0, 0.1) is 18.6 Å². The fourth-order valence-corrected chi connectivity index (χ4v) is 1.21. The van der Waals surface area contributed by atoms with Crippen molar-refractivity contribution in [3.8, 4) is 0 Å². The second kappa shape index (κ2) is 4.35. The first-order valence-corrected chi connectivity index (χ1v) is 4.27. The highest BCUT2D eigenvalue weighted by Gasteiger charge is 2.24. The summed E-state index contributed by atoms with van der Waals surface area (Å²) in [5.74, 6) is -2.54. The van der Waals surface area contributed by atoms with Gasteiger partial charge in [-0.05, 0) is 18.6 Å². The molecule has 0 unspecified atom stereocenters. The van der Waals surface area contributed by atoms with Crippen LogP contribution in [0.4, 0.5) is 8.78 Å². The molecule has 1 aromatic rings. The number of hydrogen-bond donors (Lipinski definition) is 1. The van der Waals surface area contributed by atoms with E-state index in [1.807, 2.05) is 0 Å². The van der Waals surface area contributed by atoms with Crippen molar-refractivity contribution in [3.63, 3.8) is 0 Å². The molecule has 0 aliphatic heterocycles. The van der Waals surface area contributed by atoms with E-state index in [1.165, 1.54) is 13.0 Å². The SMILES string of the molecule is COC(=O)[C@H](N)c1c(F)ccc(C)c1F. The molecule has 0 radical (unpaired) electrons. The van der Waals surface area contributed by atoms with Crippen LogP contribution in [0.5, 0.6) is 0 Å². The van der Waals surface area contributed by atoms with E-state index in [2.05, 4.69) is 4.74 Å². The lowest BCUT2D eigenvalue weighted by Crippen LogP contribution is -2.25. The van der Waals surface area contributed by atoms with Crippen molar-refractivity contribution in [3.05, 3.63) is 34.9 Å². The van der Waals surface area contributed by atoms with Crippen LogP contribution in [0.1, 0.15) is 17.2 Å². The van der Waals surface area contributed by atoms with Crippen molar-refractivity contribution in [1.82, 2.24) is 0 Å². The molecule has 0 aliphatic rings. The molecular weight excluding hydrogens is 204 g/mol. The molecule has 0 fully saturated rings. The van der Waals surface area contributed by atoms with Crippen molar-refractivity contribution in [1.29, 1.82) is 0 Å². The molecule has 2 N–H and O–H groups in total. The smallest absolute Gasteiger partial charge is 0.327 e. The van der Waals surface area contributed by atoms with Crippen molar-refractivity contribution < 1.29 is 18.3 Å². The van der Waals surface area contributed by atoms with E-state index in [-0.39, 0.29) is 5.56 Å². The van der Waals surface area contributed by atoms with Crippen molar-refractivity contribution >= 4 is 5.97 Å². The summed E-state index contributed by atoms with van der Waals surface area (Å²) in [7, 11) is 1.10. The van der Waals surface area contributed by atoms with E-state index < -0.39 is 29.2 Å². The number of esters is 1. The summed E-state index contributed by atoms with van der Waals surface area (Å²) in [6, 6.07) is 0.907. The molecule has 0 saturated carbocycles. The lowest BCUT2D eigenvalue weighted by molar-refractivity contribution is -0.142. The lowest BCUT2D eigenvalue weighted by Gasteiger charge is -2.12. The monoisotopic (exact) mass is 215 g/mol. The second-order valence-electron chi connectivity index (χ2n) is 3.09. The number of carbonyl (C=O) groups excluding carboxylic acids is 1. The van der Waals surface area contributed by atoms with E-state index in [0.717, 1.165) is 13.2 Å². The standard InChI is InChI=1S/C10H11F2NO2/c1-5-3-4-6(11)7(8(5)12)9(13)10(14)15-2/h3-4,9H,13H2,1-2H3/t9-/m1/s1. The minimum Gasteiger partial charge on any atom is -0.468 e. The first-order valence-electron chi connectivity index (χ1n) is 4.27. The largest absolute Gasteiger partial charge is 0.468 e. The molecule has 0 heterocycles. The molecule has 5 heteroatoms. The van der Waals surface area contributed by atoms with Gasteiger partial charge in [-0.25, -0.2) is 8.78 Å². The third-order valence-electron chi connectivity index (χ3n) is 2.09. The first-order chi connectivity index (χ1) is 6.99. The number of carbonyl (C=O) groups is 1. The van der Waals surface area contributed by atoms with Crippen LogP contribution in [0.25, 0.3) is 0 Å². The molecule has 0 aromatic heterocycles. The summed E-state index contributed by atoms with van der Waals surface area (Å²) in [5.41, 5.74) is 5.14. The quantitative estimate of drug-likeness (QED) is 0.759. The molecule has 0 aliphatic carbocycles. The lowest BCUT2D eigenvalue weighted by atomic mass is 10.0. The van der Waals surface area contributed by atoms with E-state index in [0.29, 0.717) is 0 Å². The maximum Gasteiger partial charge on any atom is 0.327 e. The van der Waals surface area contributed by atoms with Crippen LogP contribution in [-0.2, 0) is 9.53 Å². The normalized spacial score (nSPS) is 12.3. The highest BCUT2D eigenvalue weighted by atomic mass is 19.1. The Hall–Kier alpha value is -1.49. The van der Waals surface area contributed by atoms with Gasteiger partial charge in [-0.1, -0.05) is 6.07 Å². The topological polar surface area (TPSA) is 52.3 Å². The number of rotatable bonds is 2. The van der Waals surface area contributed by atoms with Gasteiger partial charge < -0.3 is 10.5 Å². The zero-order valence-electron chi connectivity index (χ0n) is 8.38. The second-order valence-corrected chi connectivity index (χ2v) is 3.09. The minimum absolute atomic E-state index is 0.228. The molecule has 0 spiro atoms. The van der Waals surface area contributed by atoms with Gasteiger partial charge in [0.05, 0.1) is 12.7 Å². The van der Waals surface area contributed by atoms with Gasteiger partial charge in [0.15, 0.2) is 0 Å². The molecule has 1 aromatic carbocycles. The summed E-state index contributed by atoms with van der Waals surface area (Å²) in [6.45, 7) is 1.46. The zero-order valence-corrected chi connectivity index (χ0v) is 8.38. The number of nitrogens with two attached hydrogens (primary N) is 1. The predicted molar refractivity (Wildman–Crippen MR) is 50.0 cm³/mol. The highest BCUT2D eigenvalue weighted by molar-refractivity contribution is 5.77. The molecule has 3 nitrogen and oxygen atoms in total. The van der Waals surface area contributed by atoms with Crippen molar-refractivity contribution in [2.45, 2.75) is 13.0 Å². The molecule has 15 heavy (non-hydrogen) atoms. The Balaban J connectivity index is 3.24. The van der Waals surface area contributed by atoms with Crippen LogP contribution < -0.4 is 5.73 Å². The number of methoxy groups -OCH3 is 1. The minimum atomic E-state index is -1.44.